The third-order valence-corrected chi connectivity index (χ3v) is 6.48. The highest BCUT2D eigenvalue weighted by Gasteiger charge is 2.32. The van der Waals surface area contributed by atoms with Gasteiger partial charge in [0.2, 0.25) is 5.91 Å². The second-order valence-electron chi connectivity index (χ2n) is 7.68. The molecule has 0 aliphatic carbocycles. The molecule has 1 atom stereocenters. The number of benzene rings is 1. The second-order valence-corrected chi connectivity index (χ2v) is 8.71. The molecular weight excluding hydrogens is 356 g/mol. The number of allylic oxidation sites excluding steroid dienone is 1. The van der Waals surface area contributed by atoms with Crippen molar-refractivity contribution < 1.29 is 4.79 Å². The average Bonchev–Trinajstić information content (AvgIpc) is 3.18. The Kier molecular flexibility index (Phi) is 3.74. The lowest BCUT2D eigenvalue weighted by atomic mass is 9.90. The van der Waals surface area contributed by atoms with Crippen molar-refractivity contribution in [2.75, 3.05) is 18.9 Å². The molecule has 27 heavy (non-hydrogen) atoms. The quantitative estimate of drug-likeness (QED) is 0.734. The van der Waals surface area contributed by atoms with Crippen LogP contribution in [0.1, 0.15) is 34.5 Å². The zero-order valence-electron chi connectivity index (χ0n) is 15.7. The molecule has 2 aliphatic rings. The van der Waals surface area contributed by atoms with E-state index in [0.717, 1.165) is 24.5 Å². The minimum atomic E-state index is -0.0823. The molecule has 0 saturated heterocycles. The van der Waals surface area contributed by atoms with Gasteiger partial charge in [0.25, 0.3) is 0 Å². The monoisotopic (exact) mass is 378 g/mol. The maximum absolute atomic E-state index is 11.3. The van der Waals surface area contributed by atoms with Crippen molar-refractivity contribution in [3.8, 4) is 0 Å². The van der Waals surface area contributed by atoms with E-state index in [0.29, 0.717) is 11.0 Å². The molecule has 0 radical (unpaired) electrons. The summed E-state index contributed by atoms with van der Waals surface area (Å²) in [7, 11) is 2.20. The number of aryl methyl sites for hydroxylation is 1. The largest absolute Gasteiger partial charge is 0.339 e. The Labute approximate surface area is 162 Å². The van der Waals surface area contributed by atoms with Crippen molar-refractivity contribution in [3.63, 3.8) is 0 Å². The van der Waals surface area contributed by atoms with Crippen LogP contribution >= 0.6 is 11.3 Å². The molecule has 1 amide bonds. The molecule has 3 aromatic rings. The van der Waals surface area contributed by atoms with Gasteiger partial charge in [-0.25, -0.2) is 4.98 Å². The first kappa shape index (κ1) is 16.7. The number of aromatic nitrogens is 2. The average molecular weight is 379 g/mol. The van der Waals surface area contributed by atoms with Crippen molar-refractivity contribution >= 4 is 38.9 Å². The van der Waals surface area contributed by atoms with Crippen LogP contribution in [0.25, 0.3) is 16.5 Å². The lowest BCUT2D eigenvalue weighted by molar-refractivity contribution is -0.114. The third kappa shape index (κ3) is 2.71. The van der Waals surface area contributed by atoms with Crippen LogP contribution in [0.3, 0.4) is 0 Å². The Hall–Kier alpha value is -2.44. The van der Waals surface area contributed by atoms with Gasteiger partial charge in [-0.1, -0.05) is 29.0 Å². The first-order valence-electron chi connectivity index (χ1n) is 9.24. The molecule has 0 bridgehead atoms. The van der Waals surface area contributed by atoms with Crippen molar-refractivity contribution in [1.29, 1.82) is 0 Å². The van der Waals surface area contributed by atoms with Gasteiger partial charge in [0.15, 0.2) is 5.13 Å². The minimum Gasteiger partial charge on any atom is -0.339 e. The molecule has 0 fully saturated rings. The molecule has 5 nitrogen and oxygen atoms in total. The molecular formula is C21H22N4OS. The predicted molar refractivity (Wildman–Crippen MR) is 110 cm³/mol. The van der Waals surface area contributed by atoms with Crippen molar-refractivity contribution in [1.82, 2.24) is 14.5 Å². The number of amides is 1. The van der Waals surface area contributed by atoms with Crippen LogP contribution in [0.2, 0.25) is 0 Å². The molecule has 1 unspecified atom stereocenters. The fraction of sp³-hybridized carbons (Fsp3) is 0.333. The normalized spacial score (nSPS) is 19.1. The molecule has 0 saturated carbocycles. The third-order valence-electron chi connectivity index (χ3n) is 5.49. The summed E-state index contributed by atoms with van der Waals surface area (Å²) in [5, 5.41) is 4.85. The van der Waals surface area contributed by atoms with Crippen LogP contribution in [-0.4, -0.2) is 34.0 Å². The highest BCUT2D eigenvalue weighted by molar-refractivity contribution is 7.16. The molecule has 2 aliphatic heterocycles. The molecule has 1 aromatic carbocycles. The Morgan fingerprint density at radius 3 is 3.00 bits per heavy atom. The van der Waals surface area contributed by atoms with Gasteiger partial charge in [0.1, 0.15) is 0 Å². The lowest BCUT2D eigenvalue weighted by Crippen LogP contribution is -2.32. The van der Waals surface area contributed by atoms with Gasteiger partial charge in [-0.2, -0.15) is 0 Å². The number of hydrogen-bond donors (Lipinski definition) is 1. The van der Waals surface area contributed by atoms with Gasteiger partial charge in [-0.15, -0.1) is 0 Å². The topological polar surface area (TPSA) is 50.2 Å². The van der Waals surface area contributed by atoms with Crippen LogP contribution in [0.15, 0.2) is 30.5 Å². The number of thiazole rings is 1. The highest BCUT2D eigenvalue weighted by atomic mass is 32.1. The zero-order chi connectivity index (χ0) is 18.7. The number of nitrogens with zero attached hydrogens (tertiary/aromatic N) is 3. The van der Waals surface area contributed by atoms with E-state index < -0.39 is 0 Å². The van der Waals surface area contributed by atoms with Crippen molar-refractivity contribution in [3.05, 3.63) is 52.2 Å². The SMILES string of the molecule is CC(=O)Nc1ncc(C2=CC3CN(C)Cc4c3n(c3ccc(C)cc43)C2)s1. The smallest absolute Gasteiger partial charge is 0.223 e. The molecule has 0 spiro atoms. The van der Waals surface area contributed by atoms with Crippen molar-refractivity contribution in [2.24, 2.45) is 0 Å². The number of likely N-dealkylation sites (N-methyl/N-ethyl adjacent to an activating group) is 1. The predicted octanol–water partition coefficient (Wildman–Crippen LogP) is 3.99. The van der Waals surface area contributed by atoms with Crippen molar-refractivity contribution in [2.45, 2.75) is 32.9 Å². The van der Waals surface area contributed by atoms with Crippen LogP contribution < -0.4 is 5.32 Å². The Balaban J connectivity index is 1.62. The Morgan fingerprint density at radius 2 is 2.19 bits per heavy atom. The van der Waals surface area contributed by atoms with E-state index in [1.807, 2.05) is 6.20 Å². The second kappa shape index (κ2) is 6.04. The van der Waals surface area contributed by atoms with Gasteiger partial charge >= 0.3 is 0 Å². The van der Waals surface area contributed by atoms with E-state index >= 15 is 0 Å². The van der Waals surface area contributed by atoms with E-state index in [4.69, 9.17) is 0 Å². The summed E-state index contributed by atoms with van der Waals surface area (Å²) in [5.74, 6) is 0.308. The number of carbonyl (C=O) groups excluding carboxylic acids is 1. The lowest BCUT2D eigenvalue weighted by Gasteiger charge is -2.33. The van der Waals surface area contributed by atoms with Gasteiger partial charge in [-0.05, 0) is 37.2 Å². The minimum absolute atomic E-state index is 0.0823. The van der Waals surface area contributed by atoms with Gasteiger partial charge in [0.05, 0.1) is 4.88 Å². The number of carbonyl (C=O) groups is 1. The Morgan fingerprint density at radius 1 is 1.33 bits per heavy atom. The summed E-state index contributed by atoms with van der Waals surface area (Å²) in [5.41, 5.74) is 6.88. The zero-order valence-corrected chi connectivity index (χ0v) is 16.6. The fourth-order valence-electron chi connectivity index (χ4n) is 4.46. The summed E-state index contributed by atoms with van der Waals surface area (Å²) in [6.45, 7) is 6.58. The maximum atomic E-state index is 11.3. The summed E-state index contributed by atoms with van der Waals surface area (Å²) in [6.07, 6.45) is 4.29. The van der Waals surface area contributed by atoms with Crippen LogP contribution in [0.5, 0.6) is 0 Å². The first-order valence-corrected chi connectivity index (χ1v) is 10.1. The van der Waals surface area contributed by atoms with Gasteiger partial charge < -0.3 is 14.8 Å². The molecule has 4 heterocycles. The molecule has 138 valence electrons. The van der Waals surface area contributed by atoms with Crippen LogP contribution in [0.4, 0.5) is 5.13 Å². The van der Waals surface area contributed by atoms with E-state index in [1.165, 1.54) is 40.2 Å². The van der Waals surface area contributed by atoms with E-state index in [1.54, 1.807) is 11.3 Å². The molecule has 2 aromatic heterocycles. The number of rotatable bonds is 2. The standard InChI is InChI=1S/C21H22N4OS/c1-12-4-5-18-16(6-12)17-11-24(3)9-15-7-14(10-25(18)20(15)17)19-8-22-21(27-19)23-13(2)26/h4-8,15H,9-11H2,1-3H3,(H,22,23,26). The fourth-order valence-corrected chi connectivity index (χ4v) is 5.34. The van der Waals surface area contributed by atoms with Gasteiger partial charge in [0, 0.05) is 55.3 Å². The van der Waals surface area contributed by atoms with E-state index in [9.17, 15) is 4.79 Å². The van der Waals surface area contributed by atoms with Gasteiger partial charge in [-0.3, -0.25) is 4.79 Å². The van der Waals surface area contributed by atoms with E-state index in [2.05, 4.69) is 58.0 Å². The number of fused-ring (bicyclic) bond motifs is 3. The maximum Gasteiger partial charge on any atom is 0.223 e. The van der Waals surface area contributed by atoms with Crippen LogP contribution in [-0.2, 0) is 17.9 Å². The summed E-state index contributed by atoms with van der Waals surface area (Å²) >= 11 is 1.55. The first-order chi connectivity index (χ1) is 13.0. The number of anilines is 1. The Bertz CT molecular complexity index is 1110. The number of nitrogens with one attached hydrogen (secondary N) is 1. The summed E-state index contributed by atoms with van der Waals surface area (Å²) in [4.78, 5) is 19.2. The van der Waals surface area contributed by atoms with Crippen LogP contribution in [0, 0.1) is 6.92 Å². The number of hydrogen-bond acceptors (Lipinski definition) is 4. The molecule has 1 N–H and O–H groups in total. The highest BCUT2D eigenvalue weighted by Crippen LogP contribution is 2.43. The van der Waals surface area contributed by atoms with E-state index in [-0.39, 0.29) is 5.91 Å². The molecule has 5 rings (SSSR count). The summed E-state index contributed by atoms with van der Waals surface area (Å²) in [6, 6.07) is 6.79. The summed E-state index contributed by atoms with van der Waals surface area (Å²) < 4.78 is 2.49. The molecule has 6 heteroatoms.